The van der Waals surface area contributed by atoms with Gasteiger partial charge in [0.05, 0.1) is 0 Å². The van der Waals surface area contributed by atoms with Crippen molar-refractivity contribution in [1.82, 2.24) is 0 Å². The van der Waals surface area contributed by atoms with Crippen LogP contribution in [-0.2, 0) is 6.42 Å². The highest BCUT2D eigenvalue weighted by Crippen LogP contribution is 2.35. The van der Waals surface area contributed by atoms with Gasteiger partial charge in [0.2, 0.25) is 0 Å². The van der Waals surface area contributed by atoms with E-state index >= 15 is 0 Å². The molecule has 0 atom stereocenters. The van der Waals surface area contributed by atoms with Crippen molar-refractivity contribution in [3.63, 3.8) is 0 Å². The maximum Gasteiger partial charge on any atom is -0.00196 e. The molecule has 0 heteroatoms. The van der Waals surface area contributed by atoms with Gasteiger partial charge in [0, 0.05) is 0 Å². The summed E-state index contributed by atoms with van der Waals surface area (Å²) in [5, 5.41) is 0. The minimum atomic E-state index is 0.944. The standard InChI is InChI=1S/C26H22/c1-20-16-17-25(26(18-20)22-12-6-3-7-13-22)24-15-9-8-14-23(24)19-21-10-4-2-5-11-21/h2-18H,19H2,1H3. The molecule has 0 nitrogen and oxygen atoms in total. The number of aryl methyl sites for hydroxylation is 1. The van der Waals surface area contributed by atoms with Gasteiger partial charge < -0.3 is 0 Å². The van der Waals surface area contributed by atoms with Crippen LogP contribution in [0.3, 0.4) is 0 Å². The van der Waals surface area contributed by atoms with Gasteiger partial charge in [-0.25, -0.2) is 0 Å². The molecule has 4 aromatic carbocycles. The number of benzene rings is 4. The summed E-state index contributed by atoms with van der Waals surface area (Å²) >= 11 is 0. The molecular formula is C26H22. The smallest absolute Gasteiger partial charge is 0.00196 e. The second kappa shape index (κ2) is 7.41. The van der Waals surface area contributed by atoms with Crippen molar-refractivity contribution in [2.75, 3.05) is 0 Å². The third-order valence-electron chi connectivity index (χ3n) is 4.80. The van der Waals surface area contributed by atoms with Crippen LogP contribution in [0, 0.1) is 6.92 Å². The minimum absolute atomic E-state index is 0.944. The zero-order chi connectivity index (χ0) is 17.8. The van der Waals surface area contributed by atoms with E-state index in [1.807, 2.05) is 0 Å². The molecule has 0 aliphatic carbocycles. The van der Waals surface area contributed by atoms with Gasteiger partial charge >= 0.3 is 0 Å². The van der Waals surface area contributed by atoms with Crippen LogP contribution in [0.4, 0.5) is 0 Å². The molecular weight excluding hydrogens is 312 g/mol. The fourth-order valence-corrected chi connectivity index (χ4v) is 3.50. The second-order valence-electron chi connectivity index (χ2n) is 6.73. The van der Waals surface area contributed by atoms with E-state index in [1.165, 1.54) is 38.9 Å². The molecule has 0 heterocycles. The molecule has 4 aromatic rings. The fraction of sp³-hybridized carbons (Fsp3) is 0.0769. The summed E-state index contributed by atoms with van der Waals surface area (Å²) in [6.45, 7) is 2.16. The molecule has 26 heavy (non-hydrogen) atoms. The summed E-state index contributed by atoms with van der Waals surface area (Å²) in [7, 11) is 0. The van der Waals surface area contributed by atoms with E-state index in [9.17, 15) is 0 Å². The van der Waals surface area contributed by atoms with Crippen LogP contribution in [-0.4, -0.2) is 0 Å². The topological polar surface area (TPSA) is 0 Å². The first kappa shape index (κ1) is 16.4. The first-order chi connectivity index (χ1) is 12.8. The molecule has 0 fully saturated rings. The van der Waals surface area contributed by atoms with Crippen LogP contribution in [0.25, 0.3) is 22.3 Å². The molecule has 0 unspecified atom stereocenters. The van der Waals surface area contributed by atoms with Crippen LogP contribution < -0.4 is 0 Å². The normalized spacial score (nSPS) is 10.7. The van der Waals surface area contributed by atoms with Crippen molar-refractivity contribution in [3.8, 4) is 22.3 Å². The predicted octanol–water partition coefficient (Wildman–Crippen LogP) is 6.92. The average molecular weight is 334 g/mol. The zero-order valence-electron chi connectivity index (χ0n) is 15.0. The maximum atomic E-state index is 2.30. The van der Waals surface area contributed by atoms with Gasteiger partial charge in [-0.3, -0.25) is 0 Å². The van der Waals surface area contributed by atoms with Gasteiger partial charge in [0.25, 0.3) is 0 Å². The Morgan fingerprint density at radius 2 is 1.19 bits per heavy atom. The molecule has 0 bridgehead atoms. The summed E-state index contributed by atoms with van der Waals surface area (Å²) < 4.78 is 0. The van der Waals surface area contributed by atoms with Gasteiger partial charge in [0.1, 0.15) is 0 Å². The van der Waals surface area contributed by atoms with Crippen molar-refractivity contribution in [2.24, 2.45) is 0 Å². The molecule has 0 aliphatic rings. The van der Waals surface area contributed by atoms with Gasteiger partial charge in [-0.2, -0.15) is 0 Å². The largest absolute Gasteiger partial charge is 0.0622 e. The molecule has 0 saturated heterocycles. The first-order valence-corrected chi connectivity index (χ1v) is 9.09. The van der Waals surface area contributed by atoms with Crippen LogP contribution in [0.15, 0.2) is 103 Å². The Hall–Kier alpha value is -3.12. The van der Waals surface area contributed by atoms with Gasteiger partial charge in [-0.05, 0) is 46.7 Å². The van der Waals surface area contributed by atoms with Crippen molar-refractivity contribution in [2.45, 2.75) is 13.3 Å². The Bertz CT molecular complexity index is 998. The number of rotatable bonds is 4. The highest BCUT2D eigenvalue weighted by atomic mass is 14.2. The number of hydrogen-bond donors (Lipinski definition) is 0. The van der Waals surface area contributed by atoms with E-state index in [0.717, 1.165) is 6.42 Å². The molecule has 0 aliphatic heterocycles. The van der Waals surface area contributed by atoms with E-state index in [-0.39, 0.29) is 0 Å². The first-order valence-electron chi connectivity index (χ1n) is 9.09. The Labute approximate surface area is 155 Å². The van der Waals surface area contributed by atoms with Crippen LogP contribution in [0.1, 0.15) is 16.7 Å². The van der Waals surface area contributed by atoms with E-state index < -0.39 is 0 Å². The van der Waals surface area contributed by atoms with Gasteiger partial charge in [-0.15, -0.1) is 0 Å². The third-order valence-corrected chi connectivity index (χ3v) is 4.80. The van der Waals surface area contributed by atoms with E-state index in [2.05, 4.69) is 110 Å². The van der Waals surface area contributed by atoms with Crippen molar-refractivity contribution in [3.05, 3.63) is 120 Å². The van der Waals surface area contributed by atoms with Gasteiger partial charge in [-0.1, -0.05) is 109 Å². The lowest BCUT2D eigenvalue weighted by molar-refractivity contribution is 1.19. The molecule has 0 N–H and O–H groups in total. The molecule has 0 radical (unpaired) electrons. The molecule has 0 spiro atoms. The predicted molar refractivity (Wildman–Crippen MR) is 111 cm³/mol. The van der Waals surface area contributed by atoms with Crippen LogP contribution in [0.5, 0.6) is 0 Å². The molecule has 4 rings (SSSR count). The Balaban J connectivity index is 1.84. The lowest BCUT2D eigenvalue weighted by Gasteiger charge is -2.15. The third kappa shape index (κ3) is 3.45. The van der Waals surface area contributed by atoms with Crippen molar-refractivity contribution < 1.29 is 0 Å². The monoisotopic (exact) mass is 334 g/mol. The summed E-state index contributed by atoms with van der Waals surface area (Å²) in [4.78, 5) is 0. The van der Waals surface area contributed by atoms with E-state index in [1.54, 1.807) is 0 Å². The SMILES string of the molecule is Cc1ccc(-c2ccccc2Cc2ccccc2)c(-c2ccccc2)c1. The molecule has 126 valence electrons. The summed E-state index contributed by atoms with van der Waals surface area (Å²) in [6, 6.07) is 36.9. The summed E-state index contributed by atoms with van der Waals surface area (Å²) in [5.41, 5.74) is 9.16. The van der Waals surface area contributed by atoms with E-state index in [4.69, 9.17) is 0 Å². The quantitative estimate of drug-likeness (QED) is 0.380. The van der Waals surface area contributed by atoms with Crippen LogP contribution >= 0.6 is 0 Å². The van der Waals surface area contributed by atoms with Crippen molar-refractivity contribution >= 4 is 0 Å². The summed E-state index contributed by atoms with van der Waals surface area (Å²) in [6.07, 6.45) is 0.944. The molecule has 0 saturated carbocycles. The van der Waals surface area contributed by atoms with E-state index in [0.29, 0.717) is 0 Å². The fourth-order valence-electron chi connectivity index (χ4n) is 3.50. The Morgan fingerprint density at radius 3 is 1.96 bits per heavy atom. The minimum Gasteiger partial charge on any atom is -0.0622 e. The lowest BCUT2D eigenvalue weighted by atomic mass is 9.89. The van der Waals surface area contributed by atoms with Crippen molar-refractivity contribution in [1.29, 1.82) is 0 Å². The Kier molecular flexibility index (Phi) is 4.66. The maximum absolute atomic E-state index is 2.30. The highest BCUT2D eigenvalue weighted by molar-refractivity contribution is 5.85. The Morgan fingerprint density at radius 1 is 0.538 bits per heavy atom. The lowest BCUT2D eigenvalue weighted by Crippen LogP contribution is -1.94. The zero-order valence-corrected chi connectivity index (χ0v) is 15.0. The van der Waals surface area contributed by atoms with Gasteiger partial charge in [0.15, 0.2) is 0 Å². The second-order valence-corrected chi connectivity index (χ2v) is 6.73. The molecule has 0 aromatic heterocycles. The molecule has 0 amide bonds. The average Bonchev–Trinajstić information content (AvgIpc) is 2.70. The summed E-state index contributed by atoms with van der Waals surface area (Å²) in [5.74, 6) is 0. The highest BCUT2D eigenvalue weighted by Gasteiger charge is 2.11. The van der Waals surface area contributed by atoms with Crippen LogP contribution in [0.2, 0.25) is 0 Å². The number of hydrogen-bond acceptors (Lipinski definition) is 0.